The molecule has 1 aromatic heterocycles. The van der Waals surface area contributed by atoms with Crippen molar-refractivity contribution in [1.82, 2.24) is 4.98 Å². The molecule has 0 radical (unpaired) electrons. The second-order valence-corrected chi connectivity index (χ2v) is 7.92. The molecule has 4 aromatic rings. The summed E-state index contributed by atoms with van der Waals surface area (Å²) in [7, 11) is 3.14. The Bertz CT molecular complexity index is 1330. The fourth-order valence-electron chi connectivity index (χ4n) is 3.20. The van der Waals surface area contributed by atoms with Crippen molar-refractivity contribution in [2.24, 2.45) is 0 Å². The number of pyridine rings is 1. The third kappa shape index (κ3) is 5.44. The highest BCUT2D eigenvalue weighted by Gasteiger charge is 2.12. The minimum Gasteiger partial charge on any atom is -0.493 e. The molecule has 0 saturated heterocycles. The summed E-state index contributed by atoms with van der Waals surface area (Å²) >= 11 is 12.0. The molecule has 0 bridgehead atoms. The van der Waals surface area contributed by atoms with Crippen molar-refractivity contribution in [3.05, 3.63) is 76.9 Å². The van der Waals surface area contributed by atoms with E-state index in [1.54, 1.807) is 75.0 Å². The van der Waals surface area contributed by atoms with E-state index in [-0.39, 0.29) is 12.5 Å². The van der Waals surface area contributed by atoms with Gasteiger partial charge in [0.05, 0.1) is 24.8 Å². The SMILES string of the molecule is COc1cc2nccc(Oc3ccc(NC(=O)COc4cc(Cl)ccc4Cl)cc3)c2cc1OC. The summed E-state index contributed by atoms with van der Waals surface area (Å²) in [5, 5.41) is 4.37. The number of halogens is 2. The van der Waals surface area contributed by atoms with Crippen LogP contribution in [-0.2, 0) is 4.79 Å². The fraction of sp³-hybridized carbons (Fsp3) is 0.120. The number of benzene rings is 3. The Labute approximate surface area is 206 Å². The molecule has 0 aliphatic heterocycles. The molecule has 1 amide bonds. The lowest BCUT2D eigenvalue weighted by Gasteiger charge is -2.13. The Morgan fingerprint density at radius 1 is 0.882 bits per heavy atom. The first-order chi connectivity index (χ1) is 16.5. The smallest absolute Gasteiger partial charge is 0.262 e. The molecule has 1 N–H and O–H groups in total. The first-order valence-electron chi connectivity index (χ1n) is 10.1. The zero-order chi connectivity index (χ0) is 24.1. The van der Waals surface area contributed by atoms with E-state index in [9.17, 15) is 4.79 Å². The number of ether oxygens (including phenoxy) is 4. The van der Waals surface area contributed by atoms with E-state index < -0.39 is 0 Å². The van der Waals surface area contributed by atoms with Gasteiger partial charge in [0.2, 0.25) is 0 Å². The lowest BCUT2D eigenvalue weighted by atomic mass is 10.2. The lowest BCUT2D eigenvalue weighted by molar-refractivity contribution is -0.118. The van der Waals surface area contributed by atoms with Crippen LogP contribution in [0.4, 0.5) is 5.69 Å². The predicted octanol–water partition coefficient (Wildman–Crippen LogP) is 6.37. The molecule has 34 heavy (non-hydrogen) atoms. The molecule has 4 rings (SSSR count). The highest BCUT2D eigenvalue weighted by Crippen LogP contribution is 2.37. The van der Waals surface area contributed by atoms with Gasteiger partial charge in [0.1, 0.15) is 17.2 Å². The van der Waals surface area contributed by atoms with Gasteiger partial charge in [0, 0.05) is 34.4 Å². The number of carbonyl (C=O) groups excluding carboxylic acids is 1. The van der Waals surface area contributed by atoms with Crippen molar-refractivity contribution in [3.8, 4) is 28.7 Å². The summed E-state index contributed by atoms with van der Waals surface area (Å²) in [6.07, 6.45) is 1.66. The zero-order valence-electron chi connectivity index (χ0n) is 18.3. The largest absolute Gasteiger partial charge is 0.493 e. The number of rotatable bonds is 8. The Morgan fingerprint density at radius 2 is 1.62 bits per heavy atom. The Kier molecular flexibility index (Phi) is 7.25. The van der Waals surface area contributed by atoms with E-state index in [4.69, 9.17) is 42.1 Å². The van der Waals surface area contributed by atoms with Crippen molar-refractivity contribution in [2.75, 3.05) is 26.1 Å². The minimum absolute atomic E-state index is 0.216. The number of nitrogens with one attached hydrogen (secondary N) is 1. The summed E-state index contributed by atoms with van der Waals surface area (Å²) < 4.78 is 22.2. The molecule has 0 spiro atoms. The zero-order valence-corrected chi connectivity index (χ0v) is 19.8. The number of amides is 1. The number of nitrogens with zero attached hydrogens (tertiary/aromatic N) is 1. The number of aromatic nitrogens is 1. The summed E-state index contributed by atoms with van der Waals surface area (Å²) in [5.74, 6) is 2.35. The third-order valence-corrected chi connectivity index (χ3v) is 5.37. The van der Waals surface area contributed by atoms with E-state index in [1.165, 1.54) is 0 Å². The van der Waals surface area contributed by atoms with Crippen LogP contribution >= 0.6 is 23.2 Å². The van der Waals surface area contributed by atoms with Crippen LogP contribution in [0.2, 0.25) is 10.0 Å². The molecular formula is C25H20Cl2N2O5. The van der Waals surface area contributed by atoms with Gasteiger partial charge in [-0.2, -0.15) is 0 Å². The molecule has 0 saturated carbocycles. The Hall–Kier alpha value is -3.68. The van der Waals surface area contributed by atoms with E-state index in [0.717, 1.165) is 5.39 Å². The van der Waals surface area contributed by atoms with Gasteiger partial charge < -0.3 is 24.3 Å². The second kappa shape index (κ2) is 10.5. The number of carbonyl (C=O) groups is 1. The van der Waals surface area contributed by atoms with Crippen molar-refractivity contribution >= 4 is 45.7 Å². The predicted molar refractivity (Wildman–Crippen MR) is 132 cm³/mol. The van der Waals surface area contributed by atoms with E-state index in [2.05, 4.69) is 10.3 Å². The average molecular weight is 499 g/mol. The summed E-state index contributed by atoms with van der Waals surface area (Å²) in [4.78, 5) is 16.6. The number of hydrogen-bond acceptors (Lipinski definition) is 6. The van der Waals surface area contributed by atoms with Crippen LogP contribution in [0, 0.1) is 0 Å². The van der Waals surface area contributed by atoms with Crippen molar-refractivity contribution in [1.29, 1.82) is 0 Å². The molecule has 1 heterocycles. The van der Waals surface area contributed by atoms with Crippen LogP contribution in [0.15, 0.2) is 66.9 Å². The van der Waals surface area contributed by atoms with Crippen LogP contribution in [0.3, 0.4) is 0 Å². The molecular weight excluding hydrogens is 479 g/mol. The van der Waals surface area contributed by atoms with Crippen LogP contribution in [0.5, 0.6) is 28.7 Å². The quantitative estimate of drug-likeness (QED) is 0.304. The molecule has 0 unspecified atom stereocenters. The van der Waals surface area contributed by atoms with Gasteiger partial charge in [-0.25, -0.2) is 0 Å². The Morgan fingerprint density at radius 3 is 2.35 bits per heavy atom. The highest BCUT2D eigenvalue weighted by molar-refractivity contribution is 6.34. The lowest BCUT2D eigenvalue weighted by Crippen LogP contribution is -2.20. The van der Waals surface area contributed by atoms with Crippen molar-refractivity contribution in [2.45, 2.75) is 0 Å². The maximum atomic E-state index is 12.2. The molecule has 0 fully saturated rings. The van der Waals surface area contributed by atoms with Gasteiger partial charge in [0.25, 0.3) is 5.91 Å². The number of methoxy groups -OCH3 is 2. The van der Waals surface area contributed by atoms with Crippen molar-refractivity contribution < 1.29 is 23.7 Å². The minimum atomic E-state index is -0.342. The van der Waals surface area contributed by atoms with Crippen LogP contribution < -0.4 is 24.3 Å². The van der Waals surface area contributed by atoms with E-state index in [1.807, 2.05) is 6.07 Å². The van der Waals surface area contributed by atoms with Crippen LogP contribution in [-0.4, -0.2) is 31.7 Å². The molecule has 0 aliphatic rings. The number of anilines is 1. The topological polar surface area (TPSA) is 78.9 Å². The molecule has 3 aromatic carbocycles. The highest BCUT2D eigenvalue weighted by atomic mass is 35.5. The first kappa shape index (κ1) is 23.5. The van der Waals surface area contributed by atoms with Crippen molar-refractivity contribution in [3.63, 3.8) is 0 Å². The number of hydrogen-bond donors (Lipinski definition) is 1. The van der Waals surface area contributed by atoms with Crippen LogP contribution in [0.25, 0.3) is 10.9 Å². The van der Waals surface area contributed by atoms with Gasteiger partial charge in [-0.05, 0) is 48.5 Å². The number of fused-ring (bicyclic) bond motifs is 1. The monoisotopic (exact) mass is 498 g/mol. The van der Waals surface area contributed by atoms with Gasteiger partial charge >= 0.3 is 0 Å². The van der Waals surface area contributed by atoms with Crippen LogP contribution in [0.1, 0.15) is 0 Å². The van der Waals surface area contributed by atoms with Gasteiger partial charge in [0.15, 0.2) is 18.1 Å². The molecule has 0 aliphatic carbocycles. The van der Waals surface area contributed by atoms with E-state index in [0.29, 0.717) is 50.0 Å². The second-order valence-electron chi connectivity index (χ2n) is 7.07. The molecule has 0 atom stereocenters. The van der Waals surface area contributed by atoms with Gasteiger partial charge in [-0.1, -0.05) is 23.2 Å². The third-order valence-electron chi connectivity index (χ3n) is 4.82. The summed E-state index contributed by atoms with van der Waals surface area (Å²) in [5.41, 5.74) is 1.29. The molecule has 7 nitrogen and oxygen atoms in total. The standard InChI is InChI=1S/C25H20Cl2N2O5/c1-31-23-12-18-20(13-24(23)32-2)28-10-9-21(18)34-17-6-4-16(5-7-17)29-25(30)14-33-22-11-15(26)3-8-19(22)27/h3-13H,14H2,1-2H3,(H,29,30). The van der Waals surface area contributed by atoms with E-state index >= 15 is 0 Å². The molecule has 9 heteroatoms. The first-order valence-corrected chi connectivity index (χ1v) is 10.9. The fourth-order valence-corrected chi connectivity index (χ4v) is 3.53. The normalized spacial score (nSPS) is 10.6. The van der Waals surface area contributed by atoms with Gasteiger partial charge in [-0.15, -0.1) is 0 Å². The summed E-state index contributed by atoms with van der Waals surface area (Å²) in [6, 6.07) is 17.1. The average Bonchev–Trinajstić information content (AvgIpc) is 2.85. The molecule has 174 valence electrons. The van der Waals surface area contributed by atoms with Gasteiger partial charge in [-0.3, -0.25) is 9.78 Å². The summed E-state index contributed by atoms with van der Waals surface area (Å²) in [6.45, 7) is -0.216. The maximum Gasteiger partial charge on any atom is 0.262 e. The maximum absolute atomic E-state index is 12.2. The Balaban J connectivity index is 1.42.